The summed E-state index contributed by atoms with van der Waals surface area (Å²) in [7, 11) is 0. The summed E-state index contributed by atoms with van der Waals surface area (Å²) in [4.78, 5) is 35.0. The minimum atomic E-state index is -4.91. The molecule has 5 rings (SSSR count). The second-order valence-corrected chi connectivity index (χ2v) is 10.3. The van der Waals surface area contributed by atoms with Gasteiger partial charge in [-0.05, 0) is 73.2 Å². The topological polar surface area (TPSA) is 114 Å². The number of aryl methyl sites for hydroxylation is 1. The highest BCUT2D eigenvalue weighted by molar-refractivity contribution is 7.20. The standard InChI is InChI=1S/C29H19F6N5O4S/c1-15-5-6-18(39-25(41)16-3-2-4-20(11-16)44-29(33,34)35)12-22(15)40-26(42)23-13-21-24(36-14-37-27(21)45-23)38-17-7-9-19(10-8-17)43-28(30,31)32/h2-14H,1H3,(H,39,41)(H,40,42)(H,36,37,38). The summed E-state index contributed by atoms with van der Waals surface area (Å²) in [5.41, 5.74) is 1.61. The number of anilines is 4. The van der Waals surface area contributed by atoms with Crippen molar-refractivity contribution in [3.8, 4) is 11.5 Å². The van der Waals surface area contributed by atoms with E-state index < -0.39 is 30.3 Å². The second-order valence-electron chi connectivity index (χ2n) is 9.26. The highest BCUT2D eigenvalue weighted by Gasteiger charge is 2.32. The third-order valence-electron chi connectivity index (χ3n) is 5.98. The van der Waals surface area contributed by atoms with E-state index in [9.17, 15) is 35.9 Å². The maximum Gasteiger partial charge on any atom is 0.573 e. The number of halogens is 6. The molecule has 0 bridgehead atoms. The molecule has 2 amide bonds. The first-order chi connectivity index (χ1) is 21.2. The number of rotatable bonds is 8. The van der Waals surface area contributed by atoms with Crippen molar-refractivity contribution >= 4 is 56.2 Å². The van der Waals surface area contributed by atoms with E-state index in [1.165, 1.54) is 36.7 Å². The Bertz CT molecular complexity index is 1880. The summed E-state index contributed by atoms with van der Waals surface area (Å²) in [6, 6.07) is 15.8. The van der Waals surface area contributed by atoms with Crippen LogP contribution in [-0.2, 0) is 0 Å². The number of alkyl halides is 6. The van der Waals surface area contributed by atoms with Crippen molar-refractivity contribution < 1.29 is 45.4 Å². The summed E-state index contributed by atoms with van der Waals surface area (Å²) in [5, 5.41) is 8.82. The molecule has 0 saturated carbocycles. The summed E-state index contributed by atoms with van der Waals surface area (Å²) in [6.45, 7) is 1.72. The Morgan fingerprint density at radius 3 is 2.16 bits per heavy atom. The number of carbonyl (C=O) groups excluding carboxylic acids is 2. The van der Waals surface area contributed by atoms with Gasteiger partial charge in [-0.2, -0.15) is 0 Å². The molecule has 0 aliphatic rings. The van der Waals surface area contributed by atoms with Gasteiger partial charge in [0.2, 0.25) is 0 Å². The minimum Gasteiger partial charge on any atom is -0.406 e. The number of nitrogens with one attached hydrogen (secondary N) is 3. The van der Waals surface area contributed by atoms with Gasteiger partial charge in [-0.1, -0.05) is 12.1 Å². The lowest BCUT2D eigenvalue weighted by molar-refractivity contribution is -0.275. The van der Waals surface area contributed by atoms with Gasteiger partial charge in [0.15, 0.2) is 0 Å². The highest BCUT2D eigenvalue weighted by atomic mass is 32.1. The lowest BCUT2D eigenvalue weighted by atomic mass is 10.1. The van der Waals surface area contributed by atoms with Crippen LogP contribution in [0.25, 0.3) is 10.2 Å². The summed E-state index contributed by atoms with van der Waals surface area (Å²) < 4.78 is 82.7. The molecule has 0 saturated heterocycles. The quantitative estimate of drug-likeness (QED) is 0.146. The average Bonchev–Trinajstić information content (AvgIpc) is 3.40. The van der Waals surface area contributed by atoms with Crippen LogP contribution in [0.1, 0.15) is 25.6 Å². The van der Waals surface area contributed by atoms with Crippen LogP contribution >= 0.6 is 11.3 Å². The third kappa shape index (κ3) is 8.17. The van der Waals surface area contributed by atoms with E-state index in [1.807, 2.05) is 0 Å². The van der Waals surface area contributed by atoms with Crippen molar-refractivity contribution in [3.63, 3.8) is 0 Å². The van der Waals surface area contributed by atoms with Crippen LogP contribution < -0.4 is 25.4 Å². The summed E-state index contributed by atoms with van der Waals surface area (Å²) in [5.74, 6) is -1.83. The van der Waals surface area contributed by atoms with Gasteiger partial charge < -0.3 is 25.4 Å². The number of ether oxygens (including phenoxy) is 2. The number of hydrogen-bond donors (Lipinski definition) is 3. The van der Waals surface area contributed by atoms with Crippen molar-refractivity contribution in [2.45, 2.75) is 19.6 Å². The number of thiophene rings is 1. The van der Waals surface area contributed by atoms with E-state index in [0.717, 1.165) is 35.6 Å². The molecule has 2 heterocycles. The normalized spacial score (nSPS) is 11.6. The molecule has 232 valence electrons. The lowest BCUT2D eigenvalue weighted by Gasteiger charge is -2.12. The van der Waals surface area contributed by atoms with E-state index >= 15 is 0 Å². The van der Waals surface area contributed by atoms with Crippen LogP contribution in [0.3, 0.4) is 0 Å². The Hall–Kier alpha value is -5.38. The molecule has 0 atom stereocenters. The van der Waals surface area contributed by atoms with Crippen LogP contribution in [0.15, 0.2) is 79.1 Å². The van der Waals surface area contributed by atoms with E-state index in [0.29, 0.717) is 33.0 Å². The molecule has 5 aromatic rings. The predicted molar refractivity (Wildman–Crippen MR) is 154 cm³/mol. The number of nitrogens with zero attached hydrogens (tertiary/aromatic N) is 2. The second kappa shape index (κ2) is 12.3. The van der Waals surface area contributed by atoms with Crippen LogP contribution in [0.4, 0.5) is 49.2 Å². The highest BCUT2D eigenvalue weighted by Crippen LogP contribution is 2.32. The molecular weight excluding hydrogens is 628 g/mol. The Morgan fingerprint density at radius 1 is 0.756 bits per heavy atom. The maximum absolute atomic E-state index is 13.2. The van der Waals surface area contributed by atoms with E-state index in [-0.39, 0.29) is 21.9 Å². The van der Waals surface area contributed by atoms with Crippen molar-refractivity contribution in [1.82, 2.24) is 9.97 Å². The maximum atomic E-state index is 13.2. The molecule has 3 aromatic carbocycles. The Labute approximate surface area is 253 Å². The molecule has 16 heteroatoms. The van der Waals surface area contributed by atoms with Crippen LogP contribution in [0, 0.1) is 6.92 Å². The molecule has 0 aliphatic carbocycles. The van der Waals surface area contributed by atoms with Gasteiger partial charge in [-0.15, -0.1) is 37.7 Å². The fraction of sp³-hybridized carbons (Fsp3) is 0.103. The zero-order valence-electron chi connectivity index (χ0n) is 22.7. The van der Waals surface area contributed by atoms with Crippen molar-refractivity contribution in [3.05, 3.63) is 95.1 Å². The smallest absolute Gasteiger partial charge is 0.406 e. The fourth-order valence-corrected chi connectivity index (χ4v) is 4.89. The van der Waals surface area contributed by atoms with Crippen LogP contribution in [0.2, 0.25) is 0 Å². The Balaban J connectivity index is 1.29. The lowest BCUT2D eigenvalue weighted by Crippen LogP contribution is -2.18. The molecular formula is C29H19F6N5O4S. The molecule has 9 nitrogen and oxygen atoms in total. The van der Waals surface area contributed by atoms with Gasteiger partial charge >= 0.3 is 12.7 Å². The first-order valence-corrected chi connectivity index (χ1v) is 13.5. The Morgan fingerprint density at radius 2 is 1.44 bits per heavy atom. The molecule has 2 aromatic heterocycles. The first kappa shape index (κ1) is 31.1. The van der Waals surface area contributed by atoms with Gasteiger partial charge in [-0.25, -0.2) is 9.97 Å². The summed E-state index contributed by atoms with van der Waals surface area (Å²) in [6.07, 6.45) is -8.46. The fourth-order valence-electron chi connectivity index (χ4n) is 4.00. The monoisotopic (exact) mass is 647 g/mol. The molecule has 3 N–H and O–H groups in total. The van der Waals surface area contributed by atoms with E-state index in [1.54, 1.807) is 25.1 Å². The van der Waals surface area contributed by atoms with Crippen molar-refractivity contribution in [2.24, 2.45) is 0 Å². The third-order valence-corrected chi connectivity index (χ3v) is 7.02. The zero-order chi connectivity index (χ0) is 32.4. The number of amides is 2. The van der Waals surface area contributed by atoms with Gasteiger partial charge in [0.05, 0.1) is 10.3 Å². The number of benzene rings is 3. The number of carbonyl (C=O) groups is 2. The molecule has 0 radical (unpaired) electrons. The summed E-state index contributed by atoms with van der Waals surface area (Å²) >= 11 is 1.07. The minimum absolute atomic E-state index is 0.0794. The SMILES string of the molecule is Cc1ccc(NC(=O)c2cccc(OC(F)(F)F)c2)cc1NC(=O)c1cc2c(Nc3ccc(OC(F)(F)F)cc3)ncnc2s1. The number of fused-ring (bicyclic) bond motifs is 1. The van der Waals surface area contributed by atoms with Crippen LogP contribution in [0.5, 0.6) is 11.5 Å². The van der Waals surface area contributed by atoms with Gasteiger partial charge in [-0.3, -0.25) is 9.59 Å². The first-order valence-electron chi connectivity index (χ1n) is 12.7. The Kier molecular flexibility index (Phi) is 8.50. The van der Waals surface area contributed by atoms with Crippen molar-refractivity contribution in [2.75, 3.05) is 16.0 Å². The van der Waals surface area contributed by atoms with E-state index in [2.05, 4.69) is 35.4 Å². The average molecular weight is 648 g/mol. The van der Waals surface area contributed by atoms with Gasteiger partial charge in [0.25, 0.3) is 11.8 Å². The molecule has 0 aliphatic heterocycles. The van der Waals surface area contributed by atoms with Crippen molar-refractivity contribution in [1.29, 1.82) is 0 Å². The number of hydrogen-bond acceptors (Lipinski definition) is 8. The molecule has 45 heavy (non-hydrogen) atoms. The predicted octanol–water partition coefficient (Wildman–Crippen LogP) is 8.05. The molecule has 0 spiro atoms. The van der Waals surface area contributed by atoms with Gasteiger partial charge in [0, 0.05) is 22.6 Å². The number of aromatic nitrogens is 2. The van der Waals surface area contributed by atoms with Crippen LogP contribution in [-0.4, -0.2) is 34.5 Å². The largest absolute Gasteiger partial charge is 0.573 e. The molecule has 0 fully saturated rings. The van der Waals surface area contributed by atoms with E-state index in [4.69, 9.17) is 0 Å². The zero-order valence-corrected chi connectivity index (χ0v) is 23.5. The molecule has 0 unspecified atom stereocenters. The van der Waals surface area contributed by atoms with Gasteiger partial charge in [0.1, 0.15) is 28.5 Å².